The summed E-state index contributed by atoms with van der Waals surface area (Å²) in [4.78, 5) is 27.3. The van der Waals surface area contributed by atoms with Crippen LogP contribution in [0.2, 0.25) is 0 Å². The second kappa shape index (κ2) is 20.6. The van der Waals surface area contributed by atoms with Crippen molar-refractivity contribution >= 4 is 60.7 Å². The van der Waals surface area contributed by atoms with Gasteiger partial charge in [-0.1, -0.05) is 146 Å². The van der Waals surface area contributed by atoms with Crippen molar-refractivity contribution in [1.82, 2.24) is 24.1 Å². The van der Waals surface area contributed by atoms with E-state index in [9.17, 15) is 10.5 Å². The predicted octanol–water partition coefficient (Wildman–Crippen LogP) is 19.1. The monoisotopic (exact) mass is 1070 g/mol. The fraction of sp³-hybridized carbons (Fsp3) is 0. The van der Waals surface area contributed by atoms with Crippen molar-refractivity contribution in [3.63, 3.8) is 0 Å². The van der Waals surface area contributed by atoms with Gasteiger partial charge in [0.1, 0.15) is 0 Å². The lowest BCUT2D eigenvalue weighted by molar-refractivity contribution is 1.07. The molecular formula is C74H40N10. The molecule has 0 radical (unpaired) electrons. The topological polar surface area (TPSA) is 109 Å². The van der Waals surface area contributed by atoms with Gasteiger partial charge in [0, 0.05) is 38.2 Å². The Bertz CT molecular complexity index is 4980. The van der Waals surface area contributed by atoms with Crippen molar-refractivity contribution in [1.29, 1.82) is 10.5 Å². The number of rotatable bonds is 9. The second-order valence-corrected chi connectivity index (χ2v) is 20.3. The van der Waals surface area contributed by atoms with Crippen LogP contribution >= 0.6 is 0 Å². The molecule has 3 aromatic heterocycles. The Kier molecular flexibility index (Phi) is 12.2. The molecule has 10 nitrogen and oxygen atoms in total. The molecule has 14 aromatic rings. The molecule has 14 rings (SSSR count). The van der Waals surface area contributed by atoms with E-state index in [-0.39, 0.29) is 0 Å². The van der Waals surface area contributed by atoms with Gasteiger partial charge >= 0.3 is 0 Å². The van der Waals surface area contributed by atoms with E-state index in [0.717, 1.165) is 105 Å². The van der Waals surface area contributed by atoms with Crippen molar-refractivity contribution in [2.45, 2.75) is 0 Å². The lowest BCUT2D eigenvalue weighted by Crippen LogP contribution is -2.06. The first-order valence-corrected chi connectivity index (χ1v) is 26.9. The van der Waals surface area contributed by atoms with Gasteiger partial charge in [-0.25, -0.2) is 29.5 Å². The van der Waals surface area contributed by atoms with Crippen molar-refractivity contribution < 1.29 is 0 Å². The van der Waals surface area contributed by atoms with Gasteiger partial charge in [0.15, 0.2) is 34.5 Å². The number of aromatic nitrogens is 5. The molecule has 386 valence electrons. The van der Waals surface area contributed by atoms with E-state index in [1.165, 1.54) is 0 Å². The largest absolute Gasteiger partial charge is 0.308 e. The molecule has 10 heteroatoms. The standard InChI is InChI=1S/C74H40N10/c1-77-58-24-12-22-52(36-58)56-28-32-68-62(40-56)63-41-57(53-23-13-25-59(37-53)78-2)29-33-69(63)84(68)71-43-65(79-3)64(74-81-72(48-16-6-4-7-17-48)80-73(82-74)49-18-8-5-9-19-49)42-70(71)83-66-30-26-54(50-20-10-14-46(34-50)44-75)38-60(66)61-39-55(27-31-67(61)83)51-21-11-15-47(35-51)45-76/h4-43H. The molecule has 0 amide bonds. The average Bonchev–Trinajstić information content (AvgIpc) is 2.04. The molecule has 0 aliphatic carbocycles. The van der Waals surface area contributed by atoms with Gasteiger partial charge in [0.05, 0.1) is 76.4 Å². The number of nitrogens with zero attached hydrogens (tertiary/aromatic N) is 10. The minimum Gasteiger partial charge on any atom is -0.308 e. The Labute approximate surface area is 483 Å². The zero-order chi connectivity index (χ0) is 56.8. The Hall–Kier alpha value is -12.5. The highest BCUT2D eigenvalue weighted by Gasteiger charge is 2.26. The molecule has 3 heterocycles. The van der Waals surface area contributed by atoms with Crippen LogP contribution in [0.3, 0.4) is 0 Å². The summed E-state index contributed by atoms with van der Waals surface area (Å²) in [7, 11) is 0. The quantitative estimate of drug-likeness (QED) is 0.134. The van der Waals surface area contributed by atoms with Crippen molar-refractivity contribution in [2.75, 3.05) is 0 Å². The van der Waals surface area contributed by atoms with Crippen LogP contribution in [0.5, 0.6) is 0 Å². The first-order valence-electron chi connectivity index (χ1n) is 26.9. The zero-order valence-corrected chi connectivity index (χ0v) is 44.6. The SMILES string of the molecule is [C-]#[N+]c1cccc(-c2ccc3c(c2)c2cc(-c4cccc([N+]#[C-])c4)ccc2n3-c2cc([N+]#[C-])c(-c3nc(-c4ccccc4)nc(-c4ccccc4)n3)cc2-n2c3ccc(-c4cccc(C#N)c4)cc3c3cc(-c4cccc(C#N)c4)ccc32)c1. The van der Waals surface area contributed by atoms with Crippen LogP contribution in [-0.4, -0.2) is 24.1 Å². The summed E-state index contributed by atoms with van der Waals surface area (Å²) in [6.07, 6.45) is 0. The number of hydrogen-bond donors (Lipinski definition) is 0. The van der Waals surface area contributed by atoms with E-state index in [4.69, 9.17) is 34.7 Å². The molecule has 0 saturated heterocycles. The van der Waals surface area contributed by atoms with Crippen LogP contribution in [0.1, 0.15) is 11.1 Å². The van der Waals surface area contributed by atoms with Crippen LogP contribution < -0.4 is 0 Å². The van der Waals surface area contributed by atoms with Crippen LogP contribution in [0, 0.1) is 42.4 Å². The molecule has 0 atom stereocenters. The highest BCUT2D eigenvalue weighted by atomic mass is 15.1. The Morgan fingerprint density at radius 3 is 1.04 bits per heavy atom. The summed E-state index contributed by atoms with van der Waals surface area (Å²) in [6, 6.07) is 84.1. The van der Waals surface area contributed by atoms with Gasteiger partial charge in [-0.15, -0.1) is 0 Å². The molecule has 0 unspecified atom stereocenters. The minimum atomic E-state index is 0.313. The lowest BCUT2D eigenvalue weighted by atomic mass is 9.99. The molecule has 84 heavy (non-hydrogen) atoms. The average molecular weight is 1070 g/mol. The van der Waals surface area contributed by atoms with Crippen LogP contribution in [0.15, 0.2) is 243 Å². The van der Waals surface area contributed by atoms with Crippen molar-refractivity contribution in [3.8, 4) is 102 Å². The fourth-order valence-corrected chi connectivity index (χ4v) is 11.5. The van der Waals surface area contributed by atoms with Gasteiger partial charge in [0.25, 0.3) is 0 Å². The highest BCUT2D eigenvalue weighted by Crippen LogP contribution is 2.46. The van der Waals surface area contributed by atoms with Gasteiger partial charge in [-0.05, 0) is 142 Å². The summed E-state index contributed by atoms with van der Waals surface area (Å²) in [6.45, 7) is 24.7. The molecule has 0 aliphatic rings. The minimum absolute atomic E-state index is 0.313. The molecule has 0 fully saturated rings. The Morgan fingerprint density at radius 2 is 0.655 bits per heavy atom. The van der Waals surface area contributed by atoms with E-state index >= 15 is 0 Å². The summed E-state index contributed by atoms with van der Waals surface area (Å²) in [5.41, 5.74) is 16.7. The van der Waals surface area contributed by atoms with E-state index in [2.05, 4.69) is 109 Å². The third-order valence-corrected chi connectivity index (χ3v) is 15.4. The van der Waals surface area contributed by atoms with E-state index in [0.29, 0.717) is 56.9 Å². The Balaban J connectivity index is 1.11. The maximum Gasteiger partial charge on any atom is 0.200 e. The number of benzene rings is 11. The molecule has 0 aliphatic heterocycles. The number of hydrogen-bond acceptors (Lipinski definition) is 5. The van der Waals surface area contributed by atoms with Gasteiger partial charge < -0.3 is 9.13 Å². The molecular weight excluding hydrogens is 1030 g/mol. The molecule has 0 bridgehead atoms. The summed E-state index contributed by atoms with van der Waals surface area (Å²) < 4.78 is 4.49. The summed E-state index contributed by atoms with van der Waals surface area (Å²) >= 11 is 0. The number of fused-ring (bicyclic) bond motifs is 6. The van der Waals surface area contributed by atoms with Crippen LogP contribution in [0.4, 0.5) is 17.1 Å². The molecule has 11 aromatic carbocycles. The van der Waals surface area contributed by atoms with E-state index < -0.39 is 0 Å². The van der Waals surface area contributed by atoms with Gasteiger partial charge in [-0.3, -0.25) is 0 Å². The second-order valence-electron chi connectivity index (χ2n) is 20.3. The molecule has 0 saturated carbocycles. The molecule has 0 spiro atoms. The predicted molar refractivity (Wildman–Crippen MR) is 335 cm³/mol. The third kappa shape index (κ3) is 8.70. The van der Waals surface area contributed by atoms with Gasteiger partial charge in [-0.2, -0.15) is 10.5 Å². The first-order chi connectivity index (χ1) is 41.4. The fourth-order valence-electron chi connectivity index (χ4n) is 11.5. The lowest BCUT2D eigenvalue weighted by Gasteiger charge is -2.20. The first kappa shape index (κ1) is 49.8. The van der Waals surface area contributed by atoms with E-state index in [1.54, 1.807) is 24.3 Å². The zero-order valence-electron chi connectivity index (χ0n) is 44.6. The Morgan fingerprint density at radius 1 is 0.310 bits per heavy atom. The highest BCUT2D eigenvalue weighted by molar-refractivity contribution is 6.14. The van der Waals surface area contributed by atoms with E-state index in [1.807, 2.05) is 146 Å². The van der Waals surface area contributed by atoms with Crippen LogP contribution in [-0.2, 0) is 0 Å². The van der Waals surface area contributed by atoms with Crippen LogP contribution in [0.25, 0.3) is 148 Å². The van der Waals surface area contributed by atoms with Crippen molar-refractivity contribution in [3.05, 3.63) is 288 Å². The summed E-state index contributed by atoms with van der Waals surface area (Å²) in [5.74, 6) is 1.23. The maximum atomic E-state index is 10.00. The third-order valence-electron chi connectivity index (χ3n) is 15.4. The number of nitriles is 2. The smallest absolute Gasteiger partial charge is 0.200 e. The maximum absolute atomic E-state index is 10.00. The summed E-state index contributed by atoms with van der Waals surface area (Å²) in [5, 5.41) is 23.7. The van der Waals surface area contributed by atoms with Crippen molar-refractivity contribution in [2.24, 2.45) is 0 Å². The normalized spacial score (nSPS) is 11.0. The van der Waals surface area contributed by atoms with Gasteiger partial charge in [0.2, 0.25) is 0 Å². The molecule has 0 N–H and O–H groups in total.